The highest BCUT2D eigenvalue weighted by Gasteiger charge is 2.17. The highest BCUT2D eigenvalue weighted by Crippen LogP contribution is 2.39. The molecule has 0 fully saturated rings. The molecule has 0 bridgehead atoms. The summed E-state index contributed by atoms with van der Waals surface area (Å²) >= 11 is 6.06. The summed E-state index contributed by atoms with van der Waals surface area (Å²) in [5.41, 5.74) is -0.104. The molecule has 0 saturated heterocycles. The first kappa shape index (κ1) is 13.4. The lowest BCUT2D eigenvalue weighted by atomic mass is 10.2. The molecular weight excluding hydrogens is 298 g/mol. The number of ether oxygens (including phenoxy) is 2. The number of rotatable bonds is 3. The van der Waals surface area contributed by atoms with Crippen LogP contribution in [-0.4, -0.2) is 22.3 Å². The van der Waals surface area contributed by atoms with Crippen LogP contribution in [0.5, 0.6) is 11.5 Å². The number of nitrogens with zero attached hydrogens (tertiary/aromatic N) is 2. The van der Waals surface area contributed by atoms with Crippen molar-refractivity contribution in [2.75, 3.05) is 12.1 Å². The Morgan fingerprint density at radius 2 is 2.14 bits per heavy atom. The molecule has 7 nitrogen and oxygen atoms in total. The molecule has 2 aromatic rings. The predicted molar refractivity (Wildman–Crippen MR) is 74.7 cm³/mol. The van der Waals surface area contributed by atoms with E-state index < -0.39 is 11.6 Å². The van der Waals surface area contributed by atoms with Crippen LogP contribution < -0.4 is 20.5 Å². The number of carbonyl (C=O) groups excluding carboxylic acids is 1. The van der Waals surface area contributed by atoms with E-state index in [2.05, 4.69) is 10.3 Å². The van der Waals surface area contributed by atoms with E-state index in [1.54, 1.807) is 18.2 Å². The molecule has 21 heavy (non-hydrogen) atoms. The van der Waals surface area contributed by atoms with Crippen molar-refractivity contribution >= 4 is 23.2 Å². The highest BCUT2D eigenvalue weighted by molar-refractivity contribution is 6.34. The topological polar surface area (TPSA) is 82.5 Å². The smallest absolute Gasteiger partial charge is 0.347 e. The summed E-state index contributed by atoms with van der Waals surface area (Å²) in [7, 11) is 0. The van der Waals surface area contributed by atoms with Crippen LogP contribution in [0.1, 0.15) is 0 Å². The SMILES string of the molecule is O=C(Cn1cccnc1=O)Nc1cc2c(cc1Cl)OCO2. The maximum absolute atomic E-state index is 12.0. The van der Waals surface area contributed by atoms with Crippen molar-refractivity contribution in [2.45, 2.75) is 6.54 Å². The maximum Gasteiger partial charge on any atom is 0.347 e. The number of carbonyl (C=O) groups is 1. The average Bonchev–Trinajstić information content (AvgIpc) is 2.89. The van der Waals surface area contributed by atoms with Crippen molar-refractivity contribution in [3.8, 4) is 11.5 Å². The molecule has 1 aliphatic rings. The third-order valence-corrected chi connectivity index (χ3v) is 3.15. The number of fused-ring (bicyclic) bond motifs is 1. The summed E-state index contributed by atoms with van der Waals surface area (Å²) in [5, 5.41) is 2.95. The van der Waals surface area contributed by atoms with Gasteiger partial charge in [-0.2, -0.15) is 0 Å². The van der Waals surface area contributed by atoms with Gasteiger partial charge in [0, 0.05) is 24.5 Å². The van der Waals surface area contributed by atoms with Crippen molar-refractivity contribution in [3.05, 3.63) is 46.1 Å². The summed E-state index contributed by atoms with van der Waals surface area (Å²) in [6.07, 6.45) is 2.85. The van der Waals surface area contributed by atoms with Gasteiger partial charge in [-0.1, -0.05) is 11.6 Å². The van der Waals surface area contributed by atoms with Crippen LogP contribution in [-0.2, 0) is 11.3 Å². The summed E-state index contributed by atoms with van der Waals surface area (Å²) in [6, 6.07) is 4.71. The molecule has 0 saturated carbocycles. The monoisotopic (exact) mass is 307 g/mol. The van der Waals surface area contributed by atoms with Crippen LogP contribution in [0.4, 0.5) is 5.69 Å². The molecule has 0 aliphatic carbocycles. The van der Waals surface area contributed by atoms with Gasteiger partial charge in [-0.15, -0.1) is 0 Å². The van der Waals surface area contributed by atoms with Crippen molar-refractivity contribution in [2.24, 2.45) is 0 Å². The first-order valence-corrected chi connectivity index (χ1v) is 6.42. The Kier molecular flexibility index (Phi) is 3.49. The minimum atomic E-state index is -0.496. The normalized spacial score (nSPS) is 12.2. The van der Waals surface area contributed by atoms with E-state index in [0.717, 1.165) is 0 Å². The fourth-order valence-electron chi connectivity index (χ4n) is 1.86. The molecule has 108 valence electrons. The second-order valence-corrected chi connectivity index (χ2v) is 4.67. The molecule has 0 radical (unpaired) electrons. The number of halogens is 1. The van der Waals surface area contributed by atoms with E-state index in [9.17, 15) is 9.59 Å². The largest absolute Gasteiger partial charge is 0.454 e. The maximum atomic E-state index is 12.0. The standard InChI is InChI=1S/C13H10ClN3O4/c14-8-4-10-11(21-7-20-10)5-9(8)16-12(18)6-17-3-1-2-15-13(17)19/h1-5H,6-7H2,(H,16,18). The lowest BCUT2D eigenvalue weighted by Gasteiger charge is -2.09. The number of benzene rings is 1. The first-order chi connectivity index (χ1) is 10.1. The van der Waals surface area contributed by atoms with Gasteiger partial charge >= 0.3 is 5.69 Å². The van der Waals surface area contributed by atoms with Crippen LogP contribution in [0.25, 0.3) is 0 Å². The molecule has 0 atom stereocenters. The molecule has 3 rings (SSSR count). The van der Waals surface area contributed by atoms with Crippen LogP contribution in [0.2, 0.25) is 5.02 Å². The van der Waals surface area contributed by atoms with Crippen LogP contribution in [0.3, 0.4) is 0 Å². The molecule has 2 heterocycles. The van der Waals surface area contributed by atoms with Crippen molar-refractivity contribution < 1.29 is 14.3 Å². The fourth-order valence-corrected chi connectivity index (χ4v) is 2.07. The number of hydrogen-bond donors (Lipinski definition) is 1. The molecular formula is C13H10ClN3O4. The van der Waals surface area contributed by atoms with Gasteiger partial charge < -0.3 is 14.8 Å². The van der Waals surface area contributed by atoms with Crippen LogP contribution in [0, 0.1) is 0 Å². The van der Waals surface area contributed by atoms with Crippen LogP contribution >= 0.6 is 11.6 Å². The minimum Gasteiger partial charge on any atom is -0.454 e. The summed E-state index contributed by atoms with van der Waals surface area (Å²) < 4.78 is 11.6. The van der Waals surface area contributed by atoms with E-state index in [0.29, 0.717) is 22.2 Å². The van der Waals surface area contributed by atoms with Gasteiger partial charge in [0.25, 0.3) is 0 Å². The van der Waals surface area contributed by atoms with E-state index >= 15 is 0 Å². The van der Waals surface area contributed by atoms with Gasteiger partial charge in [0.05, 0.1) is 10.7 Å². The molecule has 1 aromatic heterocycles. The predicted octanol–water partition coefficient (Wildman–Crippen LogP) is 1.26. The Bertz CT molecular complexity index is 759. The number of anilines is 1. The van der Waals surface area contributed by atoms with Gasteiger partial charge in [-0.25, -0.2) is 9.78 Å². The fraction of sp³-hybridized carbons (Fsp3) is 0.154. The van der Waals surface area contributed by atoms with Gasteiger partial charge in [-0.3, -0.25) is 9.36 Å². The van der Waals surface area contributed by atoms with Crippen molar-refractivity contribution in [3.63, 3.8) is 0 Å². The van der Waals surface area contributed by atoms with Crippen molar-refractivity contribution in [1.82, 2.24) is 9.55 Å². The first-order valence-electron chi connectivity index (χ1n) is 6.04. The number of aromatic nitrogens is 2. The molecule has 1 aliphatic heterocycles. The Morgan fingerprint density at radius 3 is 2.90 bits per heavy atom. The van der Waals surface area contributed by atoms with Crippen molar-refractivity contribution in [1.29, 1.82) is 0 Å². The Morgan fingerprint density at radius 1 is 1.38 bits per heavy atom. The van der Waals surface area contributed by atoms with E-state index in [1.165, 1.54) is 17.0 Å². The molecule has 8 heteroatoms. The van der Waals surface area contributed by atoms with Crippen LogP contribution in [0.15, 0.2) is 35.4 Å². The number of hydrogen-bond acceptors (Lipinski definition) is 5. The molecule has 1 aromatic carbocycles. The molecule has 0 spiro atoms. The second-order valence-electron chi connectivity index (χ2n) is 4.26. The number of nitrogens with one attached hydrogen (secondary N) is 1. The summed E-state index contributed by atoms with van der Waals surface area (Å²) in [4.78, 5) is 27.0. The van der Waals surface area contributed by atoms with E-state index in [4.69, 9.17) is 21.1 Å². The molecule has 1 amide bonds. The lowest BCUT2D eigenvalue weighted by Crippen LogP contribution is -2.28. The van der Waals surface area contributed by atoms with Gasteiger partial charge in [-0.05, 0) is 6.07 Å². The summed E-state index contributed by atoms with van der Waals surface area (Å²) in [6.45, 7) is -0.0361. The Balaban J connectivity index is 1.76. The average molecular weight is 308 g/mol. The van der Waals surface area contributed by atoms with Gasteiger partial charge in [0.15, 0.2) is 11.5 Å². The zero-order valence-electron chi connectivity index (χ0n) is 10.7. The van der Waals surface area contributed by atoms with E-state index in [1.807, 2.05) is 0 Å². The highest BCUT2D eigenvalue weighted by atomic mass is 35.5. The minimum absolute atomic E-state index is 0.119. The second kappa shape index (κ2) is 5.45. The zero-order chi connectivity index (χ0) is 14.8. The summed E-state index contributed by atoms with van der Waals surface area (Å²) in [5.74, 6) is 0.639. The Labute approximate surface area is 124 Å². The third-order valence-electron chi connectivity index (χ3n) is 2.83. The molecule has 1 N–H and O–H groups in total. The third kappa shape index (κ3) is 2.82. The van der Waals surface area contributed by atoms with Gasteiger partial charge in [0.2, 0.25) is 12.7 Å². The zero-order valence-corrected chi connectivity index (χ0v) is 11.5. The lowest BCUT2D eigenvalue weighted by molar-refractivity contribution is -0.116. The number of amides is 1. The Hall–Kier alpha value is -2.54. The quantitative estimate of drug-likeness (QED) is 0.923. The molecule has 0 unspecified atom stereocenters. The van der Waals surface area contributed by atoms with Gasteiger partial charge in [0.1, 0.15) is 6.54 Å². The van der Waals surface area contributed by atoms with E-state index in [-0.39, 0.29) is 13.3 Å².